The molecule has 0 bridgehead atoms. The summed E-state index contributed by atoms with van der Waals surface area (Å²) >= 11 is 0. The lowest BCUT2D eigenvalue weighted by molar-refractivity contribution is 0.292. The molecule has 0 aliphatic heterocycles. The summed E-state index contributed by atoms with van der Waals surface area (Å²) in [6.45, 7) is 9.55. The van der Waals surface area contributed by atoms with Crippen LogP contribution in [0.1, 0.15) is 38.8 Å². The van der Waals surface area contributed by atoms with Gasteiger partial charge in [0.05, 0.1) is 12.0 Å². The second kappa shape index (κ2) is 9.16. The van der Waals surface area contributed by atoms with Gasteiger partial charge >= 0.3 is 5.63 Å². The van der Waals surface area contributed by atoms with Crippen LogP contribution in [-0.2, 0) is 10.0 Å². The topological polar surface area (TPSA) is 89.2 Å². The van der Waals surface area contributed by atoms with Crippen LogP contribution in [0.15, 0.2) is 67.0 Å². The Bertz CT molecular complexity index is 1300. The Balaban J connectivity index is 2.28. The van der Waals surface area contributed by atoms with Crippen molar-refractivity contribution < 1.29 is 17.6 Å². The molecule has 1 aromatic heterocycles. The maximum Gasteiger partial charge on any atom is 0.347 e. The van der Waals surface area contributed by atoms with Gasteiger partial charge in [-0.05, 0) is 65.0 Å². The quantitative estimate of drug-likeness (QED) is 0.311. The molecule has 0 spiro atoms. The first kappa shape index (κ1) is 23.5. The van der Waals surface area contributed by atoms with Crippen molar-refractivity contribution in [2.24, 2.45) is 4.40 Å². The minimum absolute atomic E-state index is 0.0574. The van der Waals surface area contributed by atoms with Gasteiger partial charge in [0.1, 0.15) is 16.9 Å². The van der Waals surface area contributed by atoms with Crippen LogP contribution in [0, 0.1) is 6.92 Å². The van der Waals surface area contributed by atoms with E-state index in [0.29, 0.717) is 16.7 Å². The summed E-state index contributed by atoms with van der Waals surface area (Å²) in [5.41, 5.74) is 0.694. The van der Waals surface area contributed by atoms with Gasteiger partial charge in [0.2, 0.25) is 0 Å². The first-order valence-corrected chi connectivity index (χ1v) is 11.8. The van der Waals surface area contributed by atoms with Gasteiger partial charge in [-0.1, -0.05) is 17.7 Å². The van der Waals surface area contributed by atoms with E-state index in [1.165, 1.54) is 19.2 Å². The summed E-state index contributed by atoms with van der Waals surface area (Å²) in [6, 6.07) is 12.9. The zero-order chi connectivity index (χ0) is 23.6. The molecule has 1 heterocycles. The molecule has 3 rings (SSSR count). The highest BCUT2D eigenvalue weighted by molar-refractivity contribution is 7.90. The van der Waals surface area contributed by atoms with E-state index in [1.54, 1.807) is 41.3 Å². The van der Waals surface area contributed by atoms with Gasteiger partial charge in [-0.15, -0.1) is 4.40 Å². The van der Waals surface area contributed by atoms with E-state index in [2.05, 4.69) is 4.40 Å². The van der Waals surface area contributed by atoms with Crippen molar-refractivity contribution in [1.29, 1.82) is 0 Å². The third-order valence-electron chi connectivity index (χ3n) is 5.07. The minimum Gasteiger partial charge on any atom is -0.497 e. The number of fused-ring (bicyclic) bond motifs is 1. The Kier molecular flexibility index (Phi) is 6.74. The van der Waals surface area contributed by atoms with Crippen molar-refractivity contribution in [1.82, 2.24) is 4.90 Å². The number of ether oxygens (including phenoxy) is 1. The molecule has 0 amide bonds. The van der Waals surface area contributed by atoms with E-state index >= 15 is 0 Å². The lowest BCUT2D eigenvalue weighted by atomic mass is 10.1. The van der Waals surface area contributed by atoms with Crippen LogP contribution in [-0.4, -0.2) is 38.3 Å². The number of aryl methyl sites for hydroxylation is 1. The minimum atomic E-state index is -4.07. The Morgan fingerprint density at radius 3 is 2.19 bits per heavy atom. The SMILES string of the molecule is COc1ccc2cc(/C(=N/S(=O)(=O)c3ccc(C)cc3)N(C(C)C)C(C)C)c(=O)oc2c1. The molecule has 0 aliphatic rings. The first-order valence-electron chi connectivity index (χ1n) is 10.4. The predicted octanol–water partition coefficient (Wildman–Crippen LogP) is 4.36. The number of sulfonamides is 1. The van der Waals surface area contributed by atoms with Gasteiger partial charge in [-0.2, -0.15) is 8.42 Å². The number of rotatable bonds is 6. The maximum absolute atomic E-state index is 13.2. The first-order chi connectivity index (χ1) is 15.0. The Morgan fingerprint density at radius 1 is 1.00 bits per heavy atom. The van der Waals surface area contributed by atoms with Gasteiger partial charge < -0.3 is 14.1 Å². The highest BCUT2D eigenvalue weighted by atomic mass is 32.2. The molecule has 0 N–H and O–H groups in total. The van der Waals surface area contributed by atoms with Crippen molar-refractivity contribution in [2.75, 3.05) is 7.11 Å². The average molecular weight is 457 g/mol. The molecule has 0 atom stereocenters. The molecular formula is C24H28N2O5S. The molecular weight excluding hydrogens is 428 g/mol. The summed E-state index contributed by atoms with van der Waals surface area (Å²) in [7, 11) is -2.55. The summed E-state index contributed by atoms with van der Waals surface area (Å²) in [5, 5.41) is 0.633. The van der Waals surface area contributed by atoms with E-state index in [0.717, 1.165) is 5.56 Å². The number of hydrogen-bond donors (Lipinski definition) is 0. The zero-order valence-corrected chi connectivity index (χ0v) is 19.9. The van der Waals surface area contributed by atoms with Crippen molar-refractivity contribution in [3.05, 3.63) is 70.1 Å². The molecule has 0 saturated heterocycles. The third-order valence-corrected chi connectivity index (χ3v) is 6.35. The fourth-order valence-electron chi connectivity index (χ4n) is 3.57. The normalized spacial score (nSPS) is 12.6. The average Bonchev–Trinajstić information content (AvgIpc) is 2.72. The number of nitrogens with zero attached hydrogens (tertiary/aromatic N) is 2. The Morgan fingerprint density at radius 2 is 1.62 bits per heavy atom. The molecule has 0 unspecified atom stereocenters. The molecule has 3 aromatic rings. The lowest BCUT2D eigenvalue weighted by Gasteiger charge is -2.33. The summed E-state index contributed by atoms with van der Waals surface area (Å²) < 4.78 is 41.2. The van der Waals surface area contributed by atoms with Gasteiger partial charge in [0, 0.05) is 23.5 Å². The number of amidine groups is 1. The Labute approximate surface area is 188 Å². The van der Waals surface area contributed by atoms with E-state index in [4.69, 9.17) is 9.15 Å². The van der Waals surface area contributed by atoms with Crippen LogP contribution in [0.2, 0.25) is 0 Å². The van der Waals surface area contributed by atoms with Crippen LogP contribution in [0.3, 0.4) is 0 Å². The molecule has 2 aromatic carbocycles. The van der Waals surface area contributed by atoms with E-state index in [-0.39, 0.29) is 28.4 Å². The largest absolute Gasteiger partial charge is 0.497 e. The van der Waals surface area contributed by atoms with Gasteiger partial charge in [0.25, 0.3) is 10.0 Å². The number of hydrogen-bond acceptors (Lipinski definition) is 5. The van der Waals surface area contributed by atoms with E-state index < -0.39 is 15.6 Å². The number of benzene rings is 2. The highest BCUT2D eigenvalue weighted by Crippen LogP contribution is 2.23. The van der Waals surface area contributed by atoms with Crippen molar-refractivity contribution >= 4 is 26.8 Å². The predicted molar refractivity (Wildman–Crippen MR) is 126 cm³/mol. The Hall–Kier alpha value is -3.13. The lowest BCUT2D eigenvalue weighted by Crippen LogP contribution is -2.44. The third kappa shape index (κ3) is 4.85. The molecule has 0 radical (unpaired) electrons. The van der Waals surface area contributed by atoms with Crippen LogP contribution in [0.5, 0.6) is 5.75 Å². The van der Waals surface area contributed by atoms with Crippen LogP contribution >= 0.6 is 0 Å². The van der Waals surface area contributed by atoms with Crippen molar-refractivity contribution in [3.63, 3.8) is 0 Å². The van der Waals surface area contributed by atoms with E-state index in [9.17, 15) is 13.2 Å². The molecule has 7 nitrogen and oxygen atoms in total. The highest BCUT2D eigenvalue weighted by Gasteiger charge is 2.27. The van der Waals surface area contributed by atoms with Gasteiger partial charge in [0.15, 0.2) is 5.84 Å². The standard InChI is InChI=1S/C24H28N2O5S/c1-15(2)26(16(3)4)23(25-32(28,29)20-11-7-17(5)8-12-20)21-13-18-9-10-19(30-6)14-22(18)31-24(21)27/h7-16H,1-6H3/b25-23-. The van der Waals surface area contributed by atoms with Gasteiger partial charge in [-0.3, -0.25) is 0 Å². The smallest absolute Gasteiger partial charge is 0.347 e. The molecule has 0 fully saturated rings. The van der Waals surface area contributed by atoms with Crippen LogP contribution in [0.25, 0.3) is 11.0 Å². The van der Waals surface area contributed by atoms with Crippen molar-refractivity contribution in [3.8, 4) is 5.75 Å². The van der Waals surface area contributed by atoms with E-state index in [1.807, 2.05) is 34.6 Å². The van der Waals surface area contributed by atoms with Crippen molar-refractivity contribution in [2.45, 2.75) is 51.6 Å². The fourth-order valence-corrected chi connectivity index (χ4v) is 4.58. The molecule has 0 saturated carbocycles. The second-order valence-electron chi connectivity index (χ2n) is 8.15. The monoisotopic (exact) mass is 456 g/mol. The molecule has 32 heavy (non-hydrogen) atoms. The summed E-state index contributed by atoms with van der Waals surface area (Å²) in [4.78, 5) is 14.8. The van der Waals surface area contributed by atoms with Crippen LogP contribution < -0.4 is 10.4 Å². The molecule has 8 heteroatoms. The molecule has 0 aliphatic carbocycles. The van der Waals surface area contributed by atoms with Gasteiger partial charge in [-0.25, -0.2) is 4.79 Å². The zero-order valence-electron chi connectivity index (χ0n) is 19.1. The summed E-state index contributed by atoms with van der Waals surface area (Å²) in [6.07, 6.45) is 0. The summed E-state index contributed by atoms with van der Waals surface area (Å²) in [5.74, 6) is 0.609. The maximum atomic E-state index is 13.2. The van der Waals surface area contributed by atoms with Crippen LogP contribution in [0.4, 0.5) is 0 Å². The number of methoxy groups -OCH3 is 1. The second-order valence-corrected chi connectivity index (χ2v) is 9.75. The fraction of sp³-hybridized carbons (Fsp3) is 0.333. The molecule has 170 valence electrons.